The zero-order valence-corrected chi connectivity index (χ0v) is 19.4. The van der Waals surface area contributed by atoms with E-state index in [-0.39, 0.29) is 24.3 Å². The number of ether oxygens (including phenoxy) is 1. The predicted octanol–water partition coefficient (Wildman–Crippen LogP) is 2.60. The summed E-state index contributed by atoms with van der Waals surface area (Å²) in [6.07, 6.45) is 3.76. The van der Waals surface area contributed by atoms with Crippen molar-refractivity contribution in [3.05, 3.63) is 65.7 Å². The molecule has 0 saturated carbocycles. The molecule has 5 N–H and O–H groups in total. The molecule has 1 aliphatic rings. The van der Waals surface area contributed by atoms with Crippen LogP contribution in [0.3, 0.4) is 0 Å². The minimum absolute atomic E-state index is 0.0832. The fourth-order valence-corrected chi connectivity index (χ4v) is 4.34. The standard InChI is InChI=1S/C26H34N4O4/c27-26(28)29-14-4-8-20-10-12-23(13-11-20)34-18-22-16-21(17-24(31)32)25(33)30(22)15-5-9-19-6-2-1-3-7-19/h1-3,6-7,10-13,21-22H,4-5,8-9,14-18H2,(H,31,32)(H4,27,28,29)/t21-,22-/m0/s1. The first-order valence-electron chi connectivity index (χ1n) is 11.8. The van der Waals surface area contributed by atoms with Gasteiger partial charge in [-0.2, -0.15) is 0 Å². The van der Waals surface area contributed by atoms with Crippen LogP contribution >= 0.6 is 0 Å². The Morgan fingerprint density at radius 1 is 1.03 bits per heavy atom. The quantitative estimate of drug-likeness (QED) is 0.236. The molecule has 1 aliphatic heterocycles. The highest BCUT2D eigenvalue weighted by Gasteiger charge is 2.40. The number of carbonyl (C=O) groups is 2. The van der Waals surface area contributed by atoms with Crippen LogP contribution in [0.2, 0.25) is 0 Å². The topological polar surface area (TPSA) is 131 Å². The molecule has 1 amide bonds. The van der Waals surface area contributed by atoms with Crippen molar-refractivity contribution < 1.29 is 19.4 Å². The number of amides is 1. The van der Waals surface area contributed by atoms with Crippen LogP contribution in [-0.2, 0) is 22.4 Å². The molecule has 1 saturated heterocycles. The minimum atomic E-state index is -0.945. The van der Waals surface area contributed by atoms with E-state index >= 15 is 0 Å². The molecule has 0 radical (unpaired) electrons. The Kier molecular flexibility index (Phi) is 9.31. The lowest BCUT2D eigenvalue weighted by Gasteiger charge is -2.25. The summed E-state index contributed by atoms with van der Waals surface area (Å²) in [6.45, 7) is 1.53. The van der Waals surface area contributed by atoms with Crippen LogP contribution < -0.4 is 16.2 Å². The second kappa shape index (κ2) is 12.6. The van der Waals surface area contributed by atoms with Gasteiger partial charge in [0.1, 0.15) is 12.4 Å². The molecule has 0 bridgehead atoms. The van der Waals surface area contributed by atoms with Gasteiger partial charge in [0.05, 0.1) is 18.4 Å². The molecule has 0 unspecified atom stereocenters. The van der Waals surface area contributed by atoms with Crippen LogP contribution in [0, 0.1) is 5.92 Å². The number of nitrogens with two attached hydrogens (primary N) is 2. The van der Waals surface area contributed by atoms with Crippen LogP contribution in [0.25, 0.3) is 0 Å². The average Bonchev–Trinajstić information content (AvgIpc) is 3.10. The van der Waals surface area contributed by atoms with Gasteiger partial charge in [0, 0.05) is 13.1 Å². The number of hydrogen-bond donors (Lipinski definition) is 3. The third-order valence-corrected chi connectivity index (χ3v) is 6.04. The first-order chi connectivity index (χ1) is 16.4. The fraction of sp³-hybridized carbons (Fsp3) is 0.423. The van der Waals surface area contributed by atoms with E-state index < -0.39 is 11.9 Å². The summed E-state index contributed by atoms with van der Waals surface area (Å²) in [5, 5.41) is 9.21. The Morgan fingerprint density at radius 2 is 1.71 bits per heavy atom. The molecular formula is C26H34N4O4. The normalized spacial score (nSPS) is 17.5. The molecule has 8 nitrogen and oxygen atoms in total. The Labute approximate surface area is 200 Å². The molecule has 34 heavy (non-hydrogen) atoms. The lowest BCUT2D eigenvalue weighted by Crippen LogP contribution is -2.38. The number of benzene rings is 2. The zero-order chi connectivity index (χ0) is 24.3. The van der Waals surface area contributed by atoms with E-state index in [1.165, 1.54) is 11.1 Å². The number of carboxylic acid groups (broad SMARTS) is 1. The van der Waals surface area contributed by atoms with Crippen LogP contribution in [0.15, 0.2) is 59.6 Å². The predicted molar refractivity (Wildman–Crippen MR) is 132 cm³/mol. The first kappa shape index (κ1) is 25.1. The first-order valence-corrected chi connectivity index (χ1v) is 11.8. The number of likely N-dealkylation sites (tertiary alicyclic amines) is 1. The minimum Gasteiger partial charge on any atom is -0.491 e. The van der Waals surface area contributed by atoms with Crippen LogP contribution in [0.1, 0.15) is 36.8 Å². The van der Waals surface area contributed by atoms with Gasteiger partial charge in [0.25, 0.3) is 0 Å². The number of carbonyl (C=O) groups excluding carboxylic acids is 1. The molecule has 8 heteroatoms. The monoisotopic (exact) mass is 466 g/mol. The number of carboxylic acids is 1. The summed E-state index contributed by atoms with van der Waals surface area (Å²) >= 11 is 0. The van der Waals surface area contributed by atoms with Crippen LogP contribution in [-0.4, -0.2) is 53.6 Å². The zero-order valence-electron chi connectivity index (χ0n) is 19.4. The van der Waals surface area contributed by atoms with E-state index in [4.69, 9.17) is 16.2 Å². The highest BCUT2D eigenvalue weighted by molar-refractivity contribution is 5.85. The number of nitrogens with zero attached hydrogens (tertiary/aromatic N) is 2. The molecule has 0 spiro atoms. The van der Waals surface area contributed by atoms with Crippen molar-refractivity contribution in [3.8, 4) is 5.75 Å². The molecule has 0 aliphatic carbocycles. The third kappa shape index (κ3) is 7.79. The summed E-state index contributed by atoms with van der Waals surface area (Å²) in [5.41, 5.74) is 13.1. The molecule has 2 atom stereocenters. The van der Waals surface area contributed by atoms with Crippen LogP contribution in [0.4, 0.5) is 0 Å². The van der Waals surface area contributed by atoms with Gasteiger partial charge in [-0.25, -0.2) is 0 Å². The number of aliphatic carboxylic acids is 1. The van der Waals surface area contributed by atoms with Gasteiger partial charge in [-0.1, -0.05) is 42.5 Å². The maximum absolute atomic E-state index is 12.9. The van der Waals surface area contributed by atoms with Crippen molar-refractivity contribution >= 4 is 17.8 Å². The van der Waals surface area contributed by atoms with E-state index in [0.29, 0.717) is 26.1 Å². The summed E-state index contributed by atoms with van der Waals surface area (Å²) < 4.78 is 6.00. The maximum Gasteiger partial charge on any atom is 0.304 e. The highest BCUT2D eigenvalue weighted by Crippen LogP contribution is 2.28. The molecule has 0 aromatic heterocycles. The summed E-state index contributed by atoms with van der Waals surface area (Å²) in [4.78, 5) is 29.9. The van der Waals surface area contributed by atoms with Gasteiger partial charge in [0.2, 0.25) is 5.91 Å². The van der Waals surface area contributed by atoms with E-state index in [1.54, 1.807) is 0 Å². The second-order valence-corrected chi connectivity index (χ2v) is 8.67. The smallest absolute Gasteiger partial charge is 0.304 e. The van der Waals surface area contributed by atoms with Gasteiger partial charge in [-0.3, -0.25) is 14.6 Å². The summed E-state index contributed by atoms with van der Waals surface area (Å²) in [7, 11) is 0. The number of guanidine groups is 1. The number of aliphatic imine (C=N–C) groups is 1. The molecule has 1 heterocycles. The van der Waals surface area contributed by atoms with Crippen molar-refractivity contribution in [1.29, 1.82) is 0 Å². The van der Waals surface area contributed by atoms with Crippen LogP contribution in [0.5, 0.6) is 5.75 Å². The van der Waals surface area contributed by atoms with E-state index in [1.807, 2.05) is 47.4 Å². The van der Waals surface area contributed by atoms with Gasteiger partial charge in [-0.05, 0) is 55.4 Å². The Hall–Kier alpha value is -3.55. The fourth-order valence-electron chi connectivity index (χ4n) is 4.34. The molecule has 2 aromatic carbocycles. The van der Waals surface area contributed by atoms with Gasteiger partial charge >= 0.3 is 5.97 Å². The average molecular weight is 467 g/mol. The van der Waals surface area contributed by atoms with Gasteiger partial charge < -0.3 is 26.2 Å². The second-order valence-electron chi connectivity index (χ2n) is 8.67. The van der Waals surface area contributed by atoms with Crippen molar-refractivity contribution in [2.75, 3.05) is 19.7 Å². The highest BCUT2D eigenvalue weighted by atomic mass is 16.5. The summed E-state index contributed by atoms with van der Waals surface area (Å²) in [6, 6.07) is 17.9. The van der Waals surface area contributed by atoms with Gasteiger partial charge in [-0.15, -0.1) is 0 Å². The Morgan fingerprint density at radius 3 is 2.38 bits per heavy atom. The molecule has 3 rings (SSSR count). The lowest BCUT2D eigenvalue weighted by atomic mass is 10.0. The number of aryl methyl sites for hydroxylation is 2. The van der Waals surface area contributed by atoms with E-state index in [9.17, 15) is 14.7 Å². The number of hydrogen-bond acceptors (Lipinski definition) is 4. The molecular weight excluding hydrogens is 432 g/mol. The van der Waals surface area contributed by atoms with Crippen molar-refractivity contribution in [2.45, 2.75) is 44.6 Å². The van der Waals surface area contributed by atoms with Gasteiger partial charge in [0.15, 0.2) is 5.96 Å². The lowest BCUT2D eigenvalue weighted by molar-refractivity contribution is -0.142. The van der Waals surface area contributed by atoms with Crippen molar-refractivity contribution in [1.82, 2.24) is 4.90 Å². The largest absolute Gasteiger partial charge is 0.491 e. The van der Waals surface area contributed by atoms with Crippen molar-refractivity contribution in [2.24, 2.45) is 22.4 Å². The molecule has 1 fully saturated rings. The van der Waals surface area contributed by atoms with E-state index in [0.717, 1.165) is 31.4 Å². The summed E-state index contributed by atoms with van der Waals surface area (Å²) in [5.74, 6) is -0.685. The number of rotatable bonds is 13. The third-order valence-electron chi connectivity index (χ3n) is 6.04. The van der Waals surface area contributed by atoms with E-state index in [2.05, 4.69) is 17.1 Å². The SMILES string of the molecule is NC(N)=NCCCc1ccc(OC[C@@H]2C[C@@H](CC(=O)O)C(=O)N2CCCc2ccccc2)cc1. The Balaban J connectivity index is 1.53. The molecule has 182 valence electrons. The molecule has 2 aromatic rings. The van der Waals surface area contributed by atoms with Crippen molar-refractivity contribution in [3.63, 3.8) is 0 Å². The maximum atomic E-state index is 12.9. The Bertz CT molecular complexity index is 959.